The number of hydrogen-bond acceptors (Lipinski definition) is 2. The van der Waals surface area contributed by atoms with E-state index in [0.29, 0.717) is 0 Å². The Bertz CT molecular complexity index is 362. The number of hydrogen-bond donors (Lipinski definition) is 1. The van der Waals surface area contributed by atoms with Gasteiger partial charge in [0.25, 0.3) is 0 Å². The largest absolute Gasteiger partial charge is 0.491 e. The summed E-state index contributed by atoms with van der Waals surface area (Å²) in [5, 5.41) is 0. The Labute approximate surface area is 104 Å². The van der Waals surface area contributed by atoms with Gasteiger partial charge in [0.05, 0.1) is 6.10 Å². The Balaban J connectivity index is 1.97. The molecule has 94 valence electrons. The molecule has 0 heterocycles. The van der Waals surface area contributed by atoms with Crippen molar-refractivity contribution in [3.05, 3.63) is 29.3 Å². The maximum absolute atomic E-state index is 5.93. The monoisotopic (exact) mass is 233 g/mol. The normalized spacial score (nSPS) is 16.4. The molecule has 2 heteroatoms. The summed E-state index contributed by atoms with van der Waals surface area (Å²) in [7, 11) is 0. The van der Waals surface area contributed by atoms with Crippen molar-refractivity contribution in [3.63, 3.8) is 0 Å². The van der Waals surface area contributed by atoms with Crippen LogP contribution in [0.5, 0.6) is 5.75 Å². The van der Waals surface area contributed by atoms with Crippen LogP contribution in [0.4, 0.5) is 0 Å². The number of fused-ring (bicyclic) bond motifs is 1. The van der Waals surface area contributed by atoms with Crippen LogP contribution in [0.2, 0.25) is 0 Å². The van der Waals surface area contributed by atoms with Gasteiger partial charge in [-0.3, -0.25) is 0 Å². The van der Waals surface area contributed by atoms with Crippen LogP contribution in [0.3, 0.4) is 0 Å². The molecular formula is C15H23NO. The van der Waals surface area contributed by atoms with Gasteiger partial charge in [-0.2, -0.15) is 0 Å². The van der Waals surface area contributed by atoms with E-state index in [-0.39, 0.29) is 6.10 Å². The van der Waals surface area contributed by atoms with Gasteiger partial charge in [0.2, 0.25) is 0 Å². The second-order valence-electron chi connectivity index (χ2n) is 5.00. The molecule has 0 aliphatic heterocycles. The lowest BCUT2D eigenvalue weighted by atomic mass is 9.92. The van der Waals surface area contributed by atoms with Crippen LogP contribution in [0.25, 0.3) is 0 Å². The lowest BCUT2D eigenvalue weighted by molar-refractivity contribution is 0.208. The number of nitrogens with two attached hydrogens (primary N) is 1. The molecule has 17 heavy (non-hydrogen) atoms. The van der Waals surface area contributed by atoms with Crippen LogP contribution in [0.1, 0.15) is 43.7 Å². The summed E-state index contributed by atoms with van der Waals surface area (Å²) in [6.07, 6.45) is 7.43. The second kappa shape index (κ2) is 6.06. The Kier molecular flexibility index (Phi) is 4.43. The van der Waals surface area contributed by atoms with Crippen LogP contribution in [-0.4, -0.2) is 12.6 Å². The molecule has 0 saturated carbocycles. The fourth-order valence-corrected chi connectivity index (χ4v) is 2.48. The molecule has 0 aromatic heterocycles. The van der Waals surface area contributed by atoms with Crippen LogP contribution in [0, 0.1) is 0 Å². The highest BCUT2D eigenvalue weighted by Gasteiger charge is 2.11. The van der Waals surface area contributed by atoms with E-state index in [2.05, 4.69) is 25.1 Å². The van der Waals surface area contributed by atoms with Gasteiger partial charge in [0.15, 0.2) is 0 Å². The number of rotatable bonds is 5. The van der Waals surface area contributed by atoms with Gasteiger partial charge in [0, 0.05) is 0 Å². The Morgan fingerprint density at radius 2 is 2.00 bits per heavy atom. The zero-order chi connectivity index (χ0) is 12.1. The van der Waals surface area contributed by atoms with Crippen LogP contribution in [0.15, 0.2) is 18.2 Å². The zero-order valence-corrected chi connectivity index (χ0v) is 10.7. The van der Waals surface area contributed by atoms with Gasteiger partial charge in [-0.1, -0.05) is 6.07 Å². The maximum Gasteiger partial charge on any atom is 0.119 e. The van der Waals surface area contributed by atoms with Gasteiger partial charge in [-0.05, 0) is 75.3 Å². The van der Waals surface area contributed by atoms with Crippen LogP contribution < -0.4 is 10.5 Å². The van der Waals surface area contributed by atoms with E-state index in [1.807, 2.05) is 0 Å². The zero-order valence-electron chi connectivity index (χ0n) is 10.7. The van der Waals surface area contributed by atoms with Crippen molar-refractivity contribution in [1.82, 2.24) is 0 Å². The van der Waals surface area contributed by atoms with Gasteiger partial charge < -0.3 is 10.5 Å². The third kappa shape index (κ3) is 3.47. The topological polar surface area (TPSA) is 35.2 Å². The van der Waals surface area contributed by atoms with E-state index < -0.39 is 0 Å². The van der Waals surface area contributed by atoms with Crippen molar-refractivity contribution in [3.8, 4) is 5.75 Å². The standard InChI is InChI=1S/C15H23NO/c1-12(5-4-10-16)17-15-9-8-13-6-2-3-7-14(13)11-15/h8-9,11-12H,2-7,10,16H2,1H3. The van der Waals surface area contributed by atoms with Crippen molar-refractivity contribution in [2.24, 2.45) is 5.73 Å². The molecule has 2 rings (SSSR count). The maximum atomic E-state index is 5.93. The van der Waals surface area contributed by atoms with Crippen molar-refractivity contribution in [1.29, 1.82) is 0 Å². The minimum absolute atomic E-state index is 0.264. The molecule has 1 aliphatic rings. The first-order valence-corrected chi connectivity index (χ1v) is 6.78. The Morgan fingerprint density at radius 1 is 1.24 bits per heavy atom. The lowest BCUT2D eigenvalue weighted by Gasteiger charge is -2.19. The predicted octanol–water partition coefficient (Wildman–Crippen LogP) is 3.07. The van der Waals surface area contributed by atoms with E-state index in [1.54, 1.807) is 0 Å². The average molecular weight is 233 g/mol. The molecule has 0 saturated heterocycles. The van der Waals surface area contributed by atoms with E-state index in [9.17, 15) is 0 Å². The van der Waals surface area contributed by atoms with E-state index >= 15 is 0 Å². The molecule has 0 spiro atoms. The Hall–Kier alpha value is -1.02. The minimum atomic E-state index is 0.264. The predicted molar refractivity (Wildman–Crippen MR) is 71.5 cm³/mol. The summed E-state index contributed by atoms with van der Waals surface area (Å²) < 4.78 is 5.93. The first kappa shape index (κ1) is 12.4. The molecule has 0 fully saturated rings. The first-order chi connectivity index (χ1) is 8.29. The van der Waals surface area contributed by atoms with Crippen LogP contribution in [-0.2, 0) is 12.8 Å². The number of ether oxygens (including phenoxy) is 1. The molecule has 1 unspecified atom stereocenters. The van der Waals surface area contributed by atoms with Crippen molar-refractivity contribution in [2.75, 3.05) is 6.54 Å². The SMILES string of the molecule is CC(CCCN)Oc1ccc2c(c1)CCCC2. The smallest absolute Gasteiger partial charge is 0.119 e. The molecule has 0 bridgehead atoms. The average Bonchev–Trinajstić information content (AvgIpc) is 2.36. The molecule has 0 amide bonds. The summed E-state index contributed by atoms with van der Waals surface area (Å²) in [4.78, 5) is 0. The molecular weight excluding hydrogens is 210 g/mol. The fraction of sp³-hybridized carbons (Fsp3) is 0.600. The fourth-order valence-electron chi connectivity index (χ4n) is 2.48. The van der Waals surface area contributed by atoms with Gasteiger partial charge in [-0.15, -0.1) is 0 Å². The molecule has 1 atom stereocenters. The molecule has 1 aromatic carbocycles. The van der Waals surface area contributed by atoms with Crippen LogP contribution >= 0.6 is 0 Å². The summed E-state index contributed by atoms with van der Waals surface area (Å²) in [5.41, 5.74) is 8.50. The summed E-state index contributed by atoms with van der Waals surface area (Å²) in [6.45, 7) is 2.87. The quantitative estimate of drug-likeness (QED) is 0.848. The van der Waals surface area contributed by atoms with Gasteiger partial charge in [0.1, 0.15) is 5.75 Å². The third-order valence-electron chi connectivity index (χ3n) is 3.47. The molecule has 2 nitrogen and oxygen atoms in total. The van der Waals surface area contributed by atoms with Crippen molar-refractivity contribution >= 4 is 0 Å². The summed E-state index contributed by atoms with van der Waals surface area (Å²) in [6, 6.07) is 6.58. The highest BCUT2D eigenvalue weighted by atomic mass is 16.5. The highest BCUT2D eigenvalue weighted by molar-refractivity contribution is 5.37. The molecule has 0 radical (unpaired) electrons. The van der Waals surface area contributed by atoms with E-state index in [0.717, 1.165) is 25.1 Å². The number of benzene rings is 1. The highest BCUT2D eigenvalue weighted by Crippen LogP contribution is 2.26. The first-order valence-electron chi connectivity index (χ1n) is 6.78. The van der Waals surface area contributed by atoms with Gasteiger partial charge in [-0.25, -0.2) is 0 Å². The summed E-state index contributed by atoms with van der Waals surface area (Å²) in [5.74, 6) is 1.02. The summed E-state index contributed by atoms with van der Waals surface area (Å²) >= 11 is 0. The number of aryl methyl sites for hydroxylation is 2. The molecule has 1 aliphatic carbocycles. The van der Waals surface area contributed by atoms with Crippen molar-refractivity contribution in [2.45, 2.75) is 51.6 Å². The lowest BCUT2D eigenvalue weighted by Crippen LogP contribution is -2.14. The van der Waals surface area contributed by atoms with Gasteiger partial charge >= 0.3 is 0 Å². The van der Waals surface area contributed by atoms with E-state index in [1.165, 1.54) is 36.8 Å². The molecule has 2 N–H and O–H groups in total. The van der Waals surface area contributed by atoms with Crippen molar-refractivity contribution < 1.29 is 4.74 Å². The minimum Gasteiger partial charge on any atom is -0.491 e. The third-order valence-corrected chi connectivity index (χ3v) is 3.47. The second-order valence-corrected chi connectivity index (χ2v) is 5.00. The van der Waals surface area contributed by atoms with E-state index in [4.69, 9.17) is 10.5 Å². The molecule has 1 aromatic rings. The Morgan fingerprint density at radius 3 is 2.76 bits per heavy atom.